The number of esters is 1. The zero-order valence-corrected chi connectivity index (χ0v) is 8.12. The Morgan fingerprint density at radius 2 is 1.92 bits per heavy atom. The van der Waals surface area contributed by atoms with Crippen LogP contribution in [0.15, 0.2) is 0 Å². The SMILES string of the molecule is CCONC(C(C)=O)C(=O)OCC. The van der Waals surface area contributed by atoms with E-state index >= 15 is 0 Å². The van der Waals surface area contributed by atoms with Gasteiger partial charge in [-0.15, -0.1) is 0 Å². The Morgan fingerprint density at radius 1 is 1.31 bits per heavy atom. The first-order valence-corrected chi connectivity index (χ1v) is 4.17. The molecule has 0 rings (SSSR count). The van der Waals surface area contributed by atoms with Crippen molar-refractivity contribution in [3.63, 3.8) is 0 Å². The number of hydrogen-bond acceptors (Lipinski definition) is 5. The fourth-order valence-corrected chi connectivity index (χ4v) is 0.689. The molecule has 1 atom stereocenters. The van der Waals surface area contributed by atoms with E-state index in [9.17, 15) is 9.59 Å². The molecule has 0 aliphatic rings. The van der Waals surface area contributed by atoms with E-state index in [0.717, 1.165) is 0 Å². The zero-order chi connectivity index (χ0) is 10.3. The molecule has 0 aliphatic carbocycles. The molecule has 0 radical (unpaired) electrons. The van der Waals surface area contributed by atoms with Crippen LogP contribution in [0.25, 0.3) is 0 Å². The summed E-state index contributed by atoms with van der Waals surface area (Å²) in [5.41, 5.74) is 2.33. The number of Topliss-reactive ketones (excluding diaryl/α,β-unsaturated/α-hetero) is 1. The second-order valence-corrected chi connectivity index (χ2v) is 2.35. The quantitative estimate of drug-likeness (QED) is 0.363. The Bertz CT molecular complexity index is 181. The molecule has 0 saturated carbocycles. The van der Waals surface area contributed by atoms with Gasteiger partial charge >= 0.3 is 5.97 Å². The van der Waals surface area contributed by atoms with Crippen LogP contribution in [-0.4, -0.2) is 31.0 Å². The number of carbonyl (C=O) groups excluding carboxylic acids is 2. The van der Waals surface area contributed by atoms with Gasteiger partial charge in [-0.2, -0.15) is 5.48 Å². The lowest BCUT2D eigenvalue weighted by atomic mass is 10.2. The van der Waals surface area contributed by atoms with E-state index in [-0.39, 0.29) is 12.4 Å². The molecular formula is C8H15NO4. The summed E-state index contributed by atoms with van der Waals surface area (Å²) in [6, 6.07) is -1.01. The standard InChI is InChI=1S/C8H15NO4/c1-4-12-8(11)7(6(3)10)9-13-5-2/h7,9H,4-5H2,1-3H3. The van der Waals surface area contributed by atoms with E-state index in [1.807, 2.05) is 0 Å². The van der Waals surface area contributed by atoms with Crippen molar-refractivity contribution in [1.29, 1.82) is 0 Å². The summed E-state index contributed by atoms with van der Waals surface area (Å²) in [5, 5.41) is 0. The highest BCUT2D eigenvalue weighted by molar-refractivity contribution is 6.01. The molecule has 0 bridgehead atoms. The Morgan fingerprint density at radius 3 is 2.31 bits per heavy atom. The van der Waals surface area contributed by atoms with Crippen LogP contribution in [0.2, 0.25) is 0 Å². The smallest absolute Gasteiger partial charge is 0.333 e. The average Bonchev–Trinajstić information content (AvgIpc) is 2.05. The van der Waals surface area contributed by atoms with Gasteiger partial charge in [0.2, 0.25) is 0 Å². The minimum atomic E-state index is -1.01. The average molecular weight is 189 g/mol. The van der Waals surface area contributed by atoms with Crippen molar-refractivity contribution in [1.82, 2.24) is 5.48 Å². The van der Waals surface area contributed by atoms with Crippen molar-refractivity contribution in [2.45, 2.75) is 26.8 Å². The lowest BCUT2D eigenvalue weighted by molar-refractivity contribution is -0.153. The minimum Gasteiger partial charge on any atom is -0.464 e. The third-order valence-corrected chi connectivity index (χ3v) is 1.27. The molecule has 1 unspecified atom stereocenters. The predicted molar refractivity (Wildman–Crippen MR) is 45.9 cm³/mol. The molecule has 5 nitrogen and oxygen atoms in total. The summed E-state index contributed by atoms with van der Waals surface area (Å²) in [4.78, 5) is 26.8. The van der Waals surface area contributed by atoms with Gasteiger partial charge in [0.1, 0.15) is 0 Å². The van der Waals surface area contributed by atoms with E-state index in [4.69, 9.17) is 4.84 Å². The van der Waals surface area contributed by atoms with Gasteiger partial charge in [0, 0.05) is 0 Å². The normalized spacial score (nSPS) is 12.2. The van der Waals surface area contributed by atoms with Crippen molar-refractivity contribution in [2.75, 3.05) is 13.2 Å². The van der Waals surface area contributed by atoms with E-state index in [1.165, 1.54) is 6.92 Å². The molecule has 0 aromatic heterocycles. The van der Waals surface area contributed by atoms with E-state index in [2.05, 4.69) is 10.2 Å². The van der Waals surface area contributed by atoms with Gasteiger partial charge in [-0.05, 0) is 20.8 Å². The van der Waals surface area contributed by atoms with E-state index < -0.39 is 12.0 Å². The summed E-state index contributed by atoms with van der Waals surface area (Å²) in [6.07, 6.45) is 0. The van der Waals surface area contributed by atoms with Gasteiger partial charge in [0.15, 0.2) is 11.8 Å². The number of ketones is 1. The molecule has 0 fully saturated rings. The van der Waals surface area contributed by atoms with Gasteiger partial charge in [0.25, 0.3) is 0 Å². The van der Waals surface area contributed by atoms with Crippen LogP contribution in [-0.2, 0) is 19.2 Å². The van der Waals surface area contributed by atoms with Crippen molar-refractivity contribution in [2.24, 2.45) is 0 Å². The molecule has 5 heteroatoms. The summed E-state index contributed by atoms with van der Waals surface area (Å²) >= 11 is 0. The molecule has 13 heavy (non-hydrogen) atoms. The number of rotatable bonds is 6. The summed E-state index contributed by atoms with van der Waals surface area (Å²) in [7, 11) is 0. The van der Waals surface area contributed by atoms with Crippen LogP contribution in [0, 0.1) is 0 Å². The Kier molecular flexibility index (Phi) is 6.09. The molecule has 1 N–H and O–H groups in total. The highest BCUT2D eigenvalue weighted by Crippen LogP contribution is 1.91. The van der Waals surface area contributed by atoms with Gasteiger partial charge in [-0.25, -0.2) is 4.79 Å². The number of carbonyl (C=O) groups is 2. The van der Waals surface area contributed by atoms with E-state index in [1.54, 1.807) is 13.8 Å². The van der Waals surface area contributed by atoms with Crippen LogP contribution >= 0.6 is 0 Å². The lowest BCUT2D eigenvalue weighted by Crippen LogP contribution is -2.43. The first kappa shape index (κ1) is 12.1. The van der Waals surface area contributed by atoms with Gasteiger partial charge in [-0.3, -0.25) is 4.79 Å². The maximum Gasteiger partial charge on any atom is 0.333 e. The summed E-state index contributed by atoms with van der Waals surface area (Å²) < 4.78 is 4.66. The maximum atomic E-state index is 11.1. The first-order chi connectivity index (χ1) is 6.13. The third-order valence-electron chi connectivity index (χ3n) is 1.27. The molecular weight excluding hydrogens is 174 g/mol. The molecule has 0 amide bonds. The molecule has 0 aromatic carbocycles. The second kappa shape index (κ2) is 6.56. The first-order valence-electron chi connectivity index (χ1n) is 4.17. The molecule has 0 aromatic rings. The number of hydrogen-bond donors (Lipinski definition) is 1. The van der Waals surface area contributed by atoms with Gasteiger partial charge < -0.3 is 9.57 Å². The summed E-state index contributed by atoms with van der Waals surface area (Å²) in [6.45, 7) is 5.35. The predicted octanol–water partition coefficient (Wildman–Crippen LogP) is 0.0482. The fraction of sp³-hybridized carbons (Fsp3) is 0.750. The van der Waals surface area contributed by atoms with Crippen molar-refractivity contribution < 1.29 is 19.2 Å². The fourth-order valence-electron chi connectivity index (χ4n) is 0.689. The van der Waals surface area contributed by atoms with Crippen LogP contribution in [0.3, 0.4) is 0 Å². The third kappa shape index (κ3) is 4.59. The highest BCUT2D eigenvalue weighted by Gasteiger charge is 2.24. The topological polar surface area (TPSA) is 64.6 Å². The molecule has 0 saturated heterocycles. The number of nitrogens with one attached hydrogen (secondary N) is 1. The zero-order valence-electron chi connectivity index (χ0n) is 8.12. The van der Waals surface area contributed by atoms with Crippen molar-refractivity contribution >= 4 is 11.8 Å². The van der Waals surface area contributed by atoms with Crippen molar-refractivity contribution in [3.8, 4) is 0 Å². The summed E-state index contributed by atoms with van der Waals surface area (Å²) in [5.74, 6) is -0.935. The Balaban J connectivity index is 4.07. The number of hydroxylamine groups is 1. The highest BCUT2D eigenvalue weighted by atomic mass is 16.6. The minimum absolute atomic E-state index is 0.246. The van der Waals surface area contributed by atoms with Crippen LogP contribution in [0.5, 0.6) is 0 Å². The van der Waals surface area contributed by atoms with Crippen LogP contribution < -0.4 is 5.48 Å². The lowest BCUT2D eigenvalue weighted by Gasteiger charge is -2.12. The van der Waals surface area contributed by atoms with E-state index in [0.29, 0.717) is 6.61 Å². The largest absolute Gasteiger partial charge is 0.464 e. The van der Waals surface area contributed by atoms with Gasteiger partial charge in [-0.1, -0.05) is 0 Å². The van der Waals surface area contributed by atoms with Gasteiger partial charge in [0.05, 0.1) is 13.2 Å². The molecule has 76 valence electrons. The maximum absolute atomic E-state index is 11.1. The molecule has 0 spiro atoms. The monoisotopic (exact) mass is 189 g/mol. The Labute approximate surface area is 77.3 Å². The second-order valence-electron chi connectivity index (χ2n) is 2.35. The van der Waals surface area contributed by atoms with Crippen molar-refractivity contribution in [3.05, 3.63) is 0 Å². The Hall–Kier alpha value is -0.940. The van der Waals surface area contributed by atoms with Crippen LogP contribution in [0.4, 0.5) is 0 Å². The molecule has 0 heterocycles. The van der Waals surface area contributed by atoms with Crippen LogP contribution in [0.1, 0.15) is 20.8 Å². The number of ether oxygens (including phenoxy) is 1. The molecule has 0 aliphatic heterocycles.